The van der Waals surface area contributed by atoms with E-state index in [1.54, 1.807) is 51.4 Å². The molecule has 9 heteroatoms. The lowest BCUT2D eigenvalue weighted by molar-refractivity contribution is 0.416. The molecule has 1 aromatic heterocycles. The molecule has 4 N–H and O–H groups in total. The van der Waals surface area contributed by atoms with Crippen LogP contribution in [0.5, 0.6) is 5.75 Å². The Bertz CT molecular complexity index is 1200. The standard InChI is InChI=1S/C23H29N5O3S/c1-15(2)32(29,30)21-8-6-5-7-18(21)26-22-16(3)14-25-23(28-22)27-19-13-17(11-12-24)9-10-20(19)31-4/h5-10,13-15H,11-12,24H2,1-4H3,(H2,25,26,27,28). The molecule has 0 spiro atoms. The molecule has 3 rings (SSSR count). The summed E-state index contributed by atoms with van der Waals surface area (Å²) in [5, 5.41) is 5.82. The van der Waals surface area contributed by atoms with Crippen molar-refractivity contribution in [3.63, 3.8) is 0 Å². The number of methoxy groups -OCH3 is 1. The highest BCUT2D eigenvalue weighted by atomic mass is 32.2. The molecule has 0 amide bonds. The van der Waals surface area contributed by atoms with Crippen LogP contribution in [0.15, 0.2) is 53.6 Å². The smallest absolute Gasteiger partial charge is 0.229 e. The van der Waals surface area contributed by atoms with Gasteiger partial charge in [-0.3, -0.25) is 0 Å². The Hall–Kier alpha value is -3.17. The quantitative estimate of drug-likeness (QED) is 0.443. The van der Waals surface area contributed by atoms with Crippen molar-refractivity contribution >= 4 is 33.0 Å². The monoisotopic (exact) mass is 455 g/mol. The van der Waals surface area contributed by atoms with E-state index >= 15 is 0 Å². The Kier molecular flexibility index (Phi) is 7.32. The normalized spacial score (nSPS) is 11.4. The van der Waals surface area contributed by atoms with Crippen LogP contribution >= 0.6 is 0 Å². The summed E-state index contributed by atoms with van der Waals surface area (Å²) in [5.74, 6) is 1.51. The molecule has 0 saturated carbocycles. The van der Waals surface area contributed by atoms with Crippen LogP contribution in [0.25, 0.3) is 0 Å². The second kappa shape index (κ2) is 9.97. The van der Waals surface area contributed by atoms with E-state index < -0.39 is 15.1 Å². The number of ether oxygens (including phenoxy) is 1. The molecule has 0 bridgehead atoms. The van der Waals surface area contributed by atoms with Gasteiger partial charge >= 0.3 is 0 Å². The van der Waals surface area contributed by atoms with E-state index in [4.69, 9.17) is 10.5 Å². The summed E-state index contributed by atoms with van der Waals surface area (Å²) >= 11 is 0. The van der Waals surface area contributed by atoms with Gasteiger partial charge in [0.15, 0.2) is 9.84 Å². The van der Waals surface area contributed by atoms with Crippen LogP contribution in [0.1, 0.15) is 25.0 Å². The molecule has 0 saturated heterocycles. The number of sulfone groups is 1. The molecule has 1 heterocycles. The van der Waals surface area contributed by atoms with Crippen molar-refractivity contribution in [1.82, 2.24) is 9.97 Å². The van der Waals surface area contributed by atoms with Gasteiger partial charge in [0.25, 0.3) is 0 Å². The van der Waals surface area contributed by atoms with Gasteiger partial charge in [0.2, 0.25) is 5.95 Å². The van der Waals surface area contributed by atoms with Crippen LogP contribution in [0.4, 0.5) is 23.1 Å². The van der Waals surface area contributed by atoms with Crippen molar-refractivity contribution in [2.75, 3.05) is 24.3 Å². The molecule has 0 aliphatic carbocycles. The van der Waals surface area contributed by atoms with Crippen LogP contribution in [0.2, 0.25) is 0 Å². The molecule has 2 aromatic carbocycles. The minimum atomic E-state index is -3.47. The average Bonchev–Trinajstić information content (AvgIpc) is 2.77. The second-order valence-electron chi connectivity index (χ2n) is 7.64. The maximum atomic E-state index is 12.8. The average molecular weight is 456 g/mol. The number of nitrogens with zero attached hydrogens (tertiary/aromatic N) is 2. The predicted octanol–water partition coefficient (Wildman–Crippen LogP) is 3.96. The van der Waals surface area contributed by atoms with E-state index in [-0.39, 0.29) is 4.90 Å². The Balaban J connectivity index is 1.95. The summed E-state index contributed by atoms with van der Waals surface area (Å²) in [7, 11) is -1.87. The van der Waals surface area contributed by atoms with Crippen LogP contribution in [-0.4, -0.2) is 37.3 Å². The second-order valence-corrected chi connectivity index (χ2v) is 10.1. The summed E-state index contributed by atoms with van der Waals surface area (Å²) in [6, 6.07) is 12.6. The van der Waals surface area contributed by atoms with Gasteiger partial charge in [-0.25, -0.2) is 13.4 Å². The van der Waals surface area contributed by atoms with Crippen LogP contribution < -0.4 is 21.1 Å². The van der Waals surface area contributed by atoms with E-state index in [0.717, 1.165) is 23.2 Å². The predicted molar refractivity (Wildman–Crippen MR) is 128 cm³/mol. The molecule has 0 radical (unpaired) electrons. The van der Waals surface area contributed by atoms with Gasteiger partial charge in [-0.2, -0.15) is 4.98 Å². The molecule has 170 valence electrons. The van der Waals surface area contributed by atoms with Crippen molar-refractivity contribution in [2.24, 2.45) is 5.73 Å². The molecular formula is C23H29N5O3S. The van der Waals surface area contributed by atoms with Crippen LogP contribution in [-0.2, 0) is 16.3 Å². The van der Waals surface area contributed by atoms with Crippen LogP contribution in [0, 0.1) is 6.92 Å². The maximum absolute atomic E-state index is 12.8. The summed E-state index contributed by atoms with van der Waals surface area (Å²) in [6.07, 6.45) is 2.41. The van der Waals surface area contributed by atoms with Gasteiger partial charge in [-0.05, 0) is 63.6 Å². The lowest BCUT2D eigenvalue weighted by Gasteiger charge is -2.16. The molecule has 0 unspecified atom stereocenters. The Morgan fingerprint density at radius 3 is 2.53 bits per heavy atom. The molecule has 32 heavy (non-hydrogen) atoms. The van der Waals surface area contributed by atoms with Crippen molar-refractivity contribution in [3.05, 3.63) is 59.8 Å². The first kappa shape index (κ1) is 23.5. The third-order valence-electron chi connectivity index (χ3n) is 4.98. The highest BCUT2D eigenvalue weighted by Crippen LogP contribution is 2.31. The van der Waals surface area contributed by atoms with E-state index in [2.05, 4.69) is 20.6 Å². The zero-order valence-corrected chi connectivity index (χ0v) is 19.5. The fraction of sp³-hybridized carbons (Fsp3) is 0.304. The molecule has 8 nitrogen and oxygen atoms in total. The first-order chi connectivity index (χ1) is 15.3. The Morgan fingerprint density at radius 2 is 1.84 bits per heavy atom. The first-order valence-electron chi connectivity index (χ1n) is 10.3. The van der Waals surface area contributed by atoms with E-state index in [9.17, 15) is 8.42 Å². The Labute approximate surface area is 189 Å². The van der Waals surface area contributed by atoms with Gasteiger partial charge in [0, 0.05) is 11.8 Å². The van der Waals surface area contributed by atoms with Crippen molar-refractivity contribution < 1.29 is 13.2 Å². The highest BCUT2D eigenvalue weighted by Gasteiger charge is 2.23. The number of nitrogens with two attached hydrogens (primary N) is 1. The van der Waals surface area contributed by atoms with Crippen molar-refractivity contribution in [1.29, 1.82) is 0 Å². The minimum absolute atomic E-state index is 0.235. The lowest BCUT2D eigenvalue weighted by Crippen LogP contribution is -2.16. The van der Waals surface area contributed by atoms with Crippen molar-refractivity contribution in [3.8, 4) is 5.75 Å². The zero-order chi connectivity index (χ0) is 23.3. The number of anilines is 4. The lowest BCUT2D eigenvalue weighted by atomic mass is 10.1. The van der Waals surface area contributed by atoms with Gasteiger partial charge in [-0.1, -0.05) is 18.2 Å². The summed E-state index contributed by atoms with van der Waals surface area (Å²) in [6.45, 7) is 5.72. The molecule has 0 fully saturated rings. The van der Waals surface area contributed by atoms with Gasteiger partial charge in [0.1, 0.15) is 11.6 Å². The highest BCUT2D eigenvalue weighted by molar-refractivity contribution is 7.92. The number of hydrogen-bond donors (Lipinski definition) is 3. The molecule has 3 aromatic rings. The Morgan fingerprint density at radius 1 is 1.09 bits per heavy atom. The number of rotatable bonds is 9. The van der Waals surface area contributed by atoms with Crippen molar-refractivity contribution in [2.45, 2.75) is 37.3 Å². The molecule has 0 aliphatic heterocycles. The summed E-state index contributed by atoms with van der Waals surface area (Å²) in [5.41, 5.74) is 8.70. The molecular weight excluding hydrogens is 426 g/mol. The van der Waals surface area contributed by atoms with E-state index in [0.29, 0.717) is 29.7 Å². The van der Waals surface area contributed by atoms with Gasteiger partial charge < -0.3 is 21.1 Å². The zero-order valence-electron chi connectivity index (χ0n) is 18.7. The molecule has 0 aliphatic rings. The fourth-order valence-corrected chi connectivity index (χ4v) is 4.33. The third-order valence-corrected chi connectivity index (χ3v) is 7.19. The minimum Gasteiger partial charge on any atom is -0.495 e. The van der Waals surface area contributed by atoms with Crippen LogP contribution in [0.3, 0.4) is 0 Å². The largest absolute Gasteiger partial charge is 0.495 e. The number of benzene rings is 2. The maximum Gasteiger partial charge on any atom is 0.229 e. The number of para-hydroxylation sites is 1. The number of hydrogen-bond acceptors (Lipinski definition) is 8. The number of aromatic nitrogens is 2. The van der Waals surface area contributed by atoms with Gasteiger partial charge in [0.05, 0.1) is 28.6 Å². The summed E-state index contributed by atoms with van der Waals surface area (Å²) in [4.78, 5) is 9.17. The first-order valence-corrected chi connectivity index (χ1v) is 11.9. The number of nitrogens with one attached hydrogen (secondary N) is 2. The fourth-order valence-electron chi connectivity index (χ4n) is 3.12. The topological polar surface area (TPSA) is 119 Å². The SMILES string of the molecule is COc1ccc(CCN)cc1Nc1ncc(C)c(Nc2ccccc2S(=O)(=O)C(C)C)n1. The van der Waals surface area contributed by atoms with Gasteiger partial charge in [-0.15, -0.1) is 0 Å². The molecule has 0 atom stereocenters. The number of aryl methyl sites for hydroxylation is 1. The van der Waals surface area contributed by atoms with E-state index in [1.165, 1.54) is 0 Å². The summed E-state index contributed by atoms with van der Waals surface area (Å²) < 4.78 is 31.0. The van der Waals surface area contributed by atoms with E-state index in [1.807, 2.05) is 25.1 Å². The third kappa shape index (κ3) is 5.17.